The number of rotatable bonds is 5. The quantitative estimate of drug-likeness (QED) is 0.334. The summed E-state index contributed by atoms with van der Waals surface area (Å²) in [5, 5.41) is 59.5. The molecule has 0 spiro atoms. The van der Waals surface area contributed by atoms with Crippen molar-refractivity contribution in [2.24, 2.45) is 17.3 Å². The molecule has 10 atom stereocenters. The van der Waals surface area contributed by atoms with Crippen LogP contribution in [-0.2, 0) is 9.47 Å². The fourth-order valence-corrected chi connectivity index (χ4v) is 4.32. The summed E-state index contributed by atoms with van der Waals surface area (Å²) in [6.07, 6.45) is -4.89. The van der Waals surface area contributed by atoms with E-state index in [1.165, 1.54) is 0 Å². The third-order valence-corrected chi connectivity index (χ3v) is 5.84. The molecule has 2 aliphatic rings. The lowest BCUT2D eigenvalue weighted by molar-refractivity contribution is -0.326. The molecule has 8 heteroatoms. The molecule has 0 radical (unpaired) electrons. The van der Waals surface area contributed by atoms with Gasteiger partial charge in [0, 0.05) is 0 Å². The van der Waals surface area contributed by atoms with Crippen molar-refractivity contribution in [1.29, 1.82) is 0 Å². The molecular weight excluding hydrogens is 356 g/mol. The molecule has 0 amide bonds. The number of aliphatic hydroxyl groups is 6. The topological polar surface area (TPSA) is 140 Å². The SMILES string of the molecule is C[C@@H]1[C@@H](O[C@@H]2O[C@H](CO)[C@@H](O)[C@H](O)[C@H]2O)[C@@H](O)CC(C)(C)[C@H]1/C=C/[C@@H](C)O. The van der Waals surface area contributed by atoms with Crippen LogP contribution in [0.5, 0.6) is 0 Å². The Balaban J connectivity index is 2.18. The lowest BCUT2D eigenvalue weighted by Gasteiger charge is -2.50. The van der Waals surface area contributed by atoms with Gasteiger partial charge in [0.25, 0.3) is 0 Å². The van der Waals surface area contributed by atoms with Crippen LogP contribution in [0, 0.1) is 17.3 Å². The van der Waals surface area contributed by atoms with Gasteiger partial charge in [0.2, 0.25) is 0 Å². The summed E-state index contributed by atoms with van der Waals surface area (Å²) in [6.45, 7) is 7.10. The minimum atomic E-state index is -1.53. The number of allylic oxidation sites excluding steroid dienone is 1. The Morgan fingerprint density at radius 3 is 2.33 bits per heavy atom. The lowest BCUT2D eigenvalue weighted by atomic mass is 9.62. The predicted octanol–water partition coefficient (Wildman–Crippen LogP) is -0.848. The van der Waals surface area contributed by atoms with Gasteiger partial charge in [0.1, 0.15) is 24.4 Å². The van der Waals surface area contributed by atoms with E-state index in [0.29, 0.717) is 6.42 Å². The first-order valence-corrected chi connectivity index (χ1v) is 9.50. The van der Waals surface area contributed by atoms with Crippen LogP contribution in [0.2, 0.25) is 0 Å². The van der Waals surface area contributed by atoms with E-state index < -0.39 is 55.6 Å². The Hall–Kier alpha value is -0.580. The zero-order valence-corrected chi connectivity index (χ0v) is 16.3. The molecule has 158 valence electrons. The number of hydrogen-bond acceptors (Lipinski definition) is 8. The van der Waals surface area contributed by atoms with E-state index in [1.54, 1.807) is 13.0 Å². The lowest BCUT2D eigenvalue weighted by Crippen LogP contribution is -2.61. The van der Waals surface area contributed by atoms with Gasteiger partial charge in [0.15, 0.2) is 6.29 Å². The second-order valence-corrected chi connectivity index (χ2v) is 8.57. The summed E-state index contributed by atoms with van der Waals surface area (Å²) >= 11 is 0. The van der Waals surface area contributed by atoms with Crippen molar-refractivity contribution in [2.45, 2.75) is 83.1 Å². The molecule has 8 nitrogen and oxygen atoms in total. The summed E-state index contributed by atoms with van der Waals surface area (Å²) in [5.41, 5.74) is -0.237. The van der Waals surface area contributed by atoms with Crippen molar-refractivity contribution in [3.63, 3.8) is 0 Å². The van der Waals surface area contributed by atoms with Gasteiger partial charge in [-0.1, -0.05) is 32.9 Å². The van der Waals surface area contributed by atoms with Crippen LogP contribution in [0.1, 0.15) is 34.1 Å². The summed E-state index contributed by atoms with van der Waals surface area (Å²) in [5.74, 6) is -0.184. The standard InChI is InChI=1S/C19H34O8/c1-9(21)5-6-11-10(2)17(12(22)7-19(11,3)4)27-18-16(25)15(24)14(23)13(8-20)26-18/h5-6,9-18,20-25H,7-8H2,1-4H3/b6-5+/t9-,10+,11+,12+,13-,14-,15+,16-,17-,18+/m1/s1. The highest BCUT2D eigenvalue weighted by Crippen LogP contribution is 2.46. The molecule has 2 rings (SSSR count). The van der Waals surface area contributed by atoms with E-state index in [4.69, 9.17) is 9.47 Å². The van der Waals surface area contributed by atoms with E-state index in [9.17, 15) is 30.6 Å². The first-order valence-electron chi connectivity index (χ1n) is 9.50. The third-order valence-electron chi connectivity index (χ3n) is 5.84. The van der Waals surface area contributed by atoms with Crippen molar-refractivity contribution >= 4 is 0 Å². The highest BCUT2D eigenvalue weighted by atomic mass is 16.7. The molecule has 1 aliphatic carbocycles. The fraction of sp³-hybridized carbons (Fsp3) is 0.895. The molecule has 1 heterocycles. The molecule has 1 saturated carbocycles. The fourth-order valence-electron chi connectivity index (χ4n) is 4.32. The van der Waals surface area contributed by atoms with E-state index >= 15 is 0 Å². The van der Waals surface area contributed by atoms with Crippen LogP contribution in [0.3, 0.4) is 0 Å². The first kappa shape index (κ1) is 22.7. The summed E-state index contributed by atoms with van der Waals surface area (Å²) in [4.78, 5) is 0. The maximum absolute atomic E-state index is 10.6. The van der Waals surface area contributed by atoms with Crippen molar-refractivity contribution in [3.8, 4) is 0 Å². The highest BCUT2D eigenvalue weighted by molar-refractivity contribution is 5.06. The maximum atomic E-state index is 10.6. The van der Waals surface area contributed by atoms with Gasteiger partial charge in [-0.15, -0.1) is 0 Å². The molecular formula is C19H34O8. The molecule has 0 aromatic heterocycles. The maximum Gasteiger partial charge on any atom is 0.187 e. The third kappa shape index (κ3) is 4.89. The van der Waals surface area contributed by atoms with Crippen LogP contribution in [0.15, 0.2) is 12.2 Å². The van der Waals surface area contributed by atoms with Gasteiger partial charge < -0.3 is 40.1 Å². The summed E-state index contributed by atoms with van der Waals surface area (Å²) in [7, 11) is 0. The molecule has 6 N–H and O–H groups in total. The van der Waals surface area contributed by atoms with Crippen molar-refractivity contribution in [1.82, 2.24) is 0 Å². The Morgan fingerprint density at radius 2 is 1.78 bits per heavy atom. The molecule has 27 heavy (non-hydrogen) atoms. The molecule has 1 aliphatic heterocycles. The first-order chi connectivity index (χ1) is 12.5. The van der Waals surface area contributed by atoms with Gasteiger partial charge in [-0.2, -0.15) is 0 Å². The number of ether oxygens (including phenoxy) is 2. The van der Waals surface area contributed by atoms with Gasteiger partial charge in [-0.05, 0) is 30.6 Å². The van der Waals surface area contributed by atoms with E-state index in [-0.39, 0.29) is 17.3 Å². The Bertz CT molecular complexity index is 506. The number of hydrogen-bond donors (Lipinski definition) is 6. The molecule has 2 fully saturated rings. The second-order valence-electron chi connectivity index (χ2n) is 8.57. The second kappa shape index (κ2) is 8.84. The zero-order valence-electron chi connectivity index (χ0n) is 16.3. The molecule has 0 aromatic carbocycles. The van der Waals surface area contributed by atoms with Crippen LogP contribution >= 0.6 is 0 Å². The monoisotopic (exact) mass is 390 g/mol. The van der Waals surface area contributed by atoms with Crippen molar-refractivity contribution < 1.29 is 40.1 Å². The molecule has 0 unspecified atom stereocenters. The molecule has 0 aromatic rings. The Kier molecular flexibility index (Phi) is 7.43. The zero-order chi connectivity index (χ0) is 20.5. The average molecular weight is 390 g/mol. The Labute approximate surface area is 160 Å². The van der Waals surface area contributed by atoms with Gasteiger partial charge in [-0.25, -0.2) is 0 Å². The normalized spacial score (nSPS) is 46.5. The van der Waals surface area contributed by atoms with Crippen molar-refractivity contribution in [2.75, 3.05) is 6.61 Å². The van der Waals surface area contributed by atoms with E-state index in [1.807, 2.05) is 26.8 Å². The predicted molar refractivity (Wildman–Crippen MR) is 96.5 cm³/mol. The molecule has 1 saturated heterocycles. The van der Waals surface area contributed by atoms with Crippen LogP contribution < -0.4 is 0 Å². The van der Waals surface area contributed by atoms with Crippen LogP contribution in [0.4, 0.5) is 0 Å². The largest absolute Gasteiger partial charge is 0.394 e. The molecule has 0 bridgehead atoms. The summed E-state index contributed by atoms with van der Waals surface area (Å²) in [6, 6.07) is 0. The number of aliphatic hydroxyl groups excluding tert-OH is 6. The average Bonchev–Trinajstić information content (AvgIpc) is 2.57. The Morgan fingerprint density at radius 1 is 1.15 bits per heavy atom. The smallest absolute Gasteiger partial charge is 0.187 e. The van der Waals surface area contributed by atoms with Gasteiger partial charge in [0.05, 0.1) is 24.9 Å². The highest BCUT2D eigenvalue weighted by Gasteiger charge is 2.50. The van der Waals surface area contributed by atoms with E-state index in [2.05, 4.69) is 0 Å². The van der Waals surface area contributed by atoms with Crippen LogP contribution in [-0.4, -0.2) is 86.3 Å². The van der Waals surface area contributed by atoms with Gasteiger partial charge in [-0.3, -0.25) is 0 Å². The van der Waals surface area contributed by atoms with E-state index in [0.717, 1.165) is 0 Å². The van der Waals surface area contributed by atoms with Crippen molar-refractivity contribution in [3.05, 3.63) is 12.2 Å². The minimum absolute atomic E-state index is 0.00890. The van der Waals surface area contributed by atoms with Crippen LogP contribution in [0.25, 0.3) is 0 Å². The summed E-state index contributed by atoms with van der Waals surface area (Å²) < 4.78 is 11.3. The minimum Gasteiger partial charge on any atom is -0.394 e. The van der Waals surface area contributed by atoms with Gasteiger partial charge >= 0.3 is 0 Å².